The Hall–Kier alpha value is -4.21. The summed E-state index contributed by atoms with van der Waals surface area (Å²) in [6, 6.07) is 10.6. The van der Waals surface area contributed by atoms with Crippen molar-refractivity contribution in [1.82, 2.24) is 4.68 Å². The minimum atomic E-state index is -0.680. The van der Waals surface area contributed by atoms with E-state index in [1.165, 1.54) is 33.1 Å². The first-order chi connectivity index (χ1) is 19.0. The predicted octanol–water partition coefficient (Wildman–Crippen LogP) is 4.17. The van der Waals surface area contributed by atoms with Crippen LogP contribution in [0, 0.1) is 5.92 Å². The van der Waals surface area contributed by atoms with E-state index in [-0.39, 0.29) is 23.1 Å². The molecule has 0 N–H and O–H groups in total. The van der Waals surface area contributed by atoms with Gasteiger partial charge in [-0.05, 0) is 62.8 Å². The van der Waals surface area contributed by atoms with E-state index in [1.807, 2.05) is 20.8 Å². The third-order valence-electron chi connectivity index (χ3n) is 6.89. The fourth-order valence-corrected chi connectivity index (χ4v) is 5.10. The van der Waals surface area contributed by atoms with E-state index in [2.05, 4.69) is 0 Å². The smallest absolute Gasteiger partial charge is 0.357 e. The van der Waals surface area contributed by atoms with Crippen LogP contribution in [-0.4, -0.2) is 63.7 Å². The molecule has 0 bridgehead atoms. The number of hydrogen-bond acceptors (Lipinski definition) is 9. The van der Waals surface area contributed by atoms with Gasteiger partial charge in [0.1, 0.15) is 5.60 Å². The minimum Gasteiger partial charge on any atom is -0.493 e. The van der Waals surface area contributed by atoms with Crippen LogP contribution in [-0.2, 0) is 14.3 Å². The van der Waals surface area contributed by atoms with Crippen molar-refractivity contribution in [3.8, 4) is 28.4 Å². The molecular formula is C30H36N2O8. The van der Waals surface area contributed by atoms with Crippen LogP contribution in [0.15, 0.2) is 41.2 Å². The highest BCUT2D eigenvalue weighted by Gasteiger charge is 2.33. The van der Waals surface area contributed by atoms with Gasteiger partial charge in [-0.15, -0.1) is 0 Å². The van der Waals surface area contributed by atoms with Gasteiger partial charge >= 0.3 is 11.9 Å². The van der Waals surface area contributed by atoms with Crippen LogP contribution in [0.4, 0.5) is 0 Å². The quantitative estimate of drug-likeness (QED) is 0.399. The number of hydrogen-bond donors (Lipinski definition) is 0. The van der Waals surface area contributed by atoms with Crippen molar-refractivity contribution in [1.29, 1.82) is 0 Å². The maximum Gasteiger partial charge on any atom is 0.357 e. The molecule has 1 aliphatic rings. The van der Waals surface area contributed by atoms with Crippen LogP contribution in [0.2, 0.25) is 0 Å². The molecule has 0 atom stereocenters. The van der Waals surface area contributed by atoms with Crippen molar-refractivity contribution in [2.45, 2.75) is 39.2 Å². The van der Waals surface area contributed by atoms with E-state index in [0.717, 1.165) is 0 Å². The van der Waals surface area contributed by atoms with Gasteiger partial charge in [-0.25, -0.2) is 9.47 Å². The fourth-order valence-electron chi connectivity index (χ4n) is 5.10. The lowest BCUT2D eigenvalue weighted by molar-refractivity contribution is -0.160. The molecule has 0 radical (unpaired) electrons. The summed E-state index contributed by atoms with van der Waals surface area (Å²) in [7, 11) is 5.81. The molecule has 4 rings (SSSR count). The number of benzene rings is 2. The maximum atomic E-state index is 14.0. The number of pyridine rings is 1. The second-order valence-electron chi connectivity index (χ2n) is 10.6. The number of rotatable bonds is 7. The van der Waals surface area contributed by atoms with E-state index >= 15 is 0 Å². The number of carbonyl (C=O) groups excluding carboxylic acids is 2. The van der Waals surface area contributed by atoms with E-state index in [4.69, 9.17) is 23.7 Å². The molecule has 1 aliphatic heterocycles. The Morgan fingerprint density at radius 3 is 1.95 bits per heavy atom. The molecule has 40 heavy (non-hydrogen) atoms. The van der Waals surface area contributed by atoms with Crippen LogP contribution in [0.25, 0.3) is 21.9 Å². The molecule has 0 amide bonds. The largest absolute Gasteiger partial charge is 0.493 e. The van der Waals surface area contributed by atoms with Gasteiger partial charge in [0.25, 0.3) is 5.56 Å². The lowest BCUT2D eigenvalue weighted by atomic mass is 9.95. The van der Waals surface area contributed by atoms with Crippen LogP contribution in [0.3, 0.4) is 0 Å². The molecule has 214 valence electrons. The van der Waals surface area contributed by atoms with Gasteiger partial charge in [0.15, 0.2) is 17.2 Å². The highest BCUT2D eigenvalue weighted by molar-refractivity contribution is 6.07. The van der Waals surface area contributed by atoms with Crippen molar-refractivity contribution in [3.63, 3.8) is 0 Å². The SMILES string of the molecule is COC(=O)c1c(-c2cc(OC)c(OC)c(OC)c2)c2ccccc2c(=O)n1N1CCC(C(=O)OC(C)(C)C)CC1. The van der Waals surface area contributed by atoms with E-state index < -0.39 is 11.6 Å². The number of piperidine rings is 1. The molecular weight excluding hydrogens is 516 g/mol. The normalized spacial score (nSPS) is 14.1. The third-order valence-corrected chi connectivity index (χ3v) is 6.89. The van der Waals surface area contributed by atoms with Crippen molar-refractivity contribution in [3.05, 3.63) is 52.4 Å². The third kappa shape index (κ3) is 5.43. The number of ether oxygens (including phenoxy) is 5. The summed E-state index contributed by atoms with van der Waals surface area (Å²) >= 11 is 0. The standard InChI is InChI=1S/C30H36N2O8/c1-30(2,3)40-28(34)18-12-14-31(15-13-18)32-25(29(35)39-7)24(20-10-8-9-11-21(20)27(32)33)19-16-22(36-4)26(38-6)23(17-19)37-5/h8-11,16-18H,12-15H2,1-7H3. The zero-order valence-corrected chi connectivity index (χ0v) is 24.0. The Balaban J connectivity index is 1.93. The number of esters is 2. The first-order valence-corrected chi connectivity index (χ1v) is 13.1. The van der Waals surface area contributed by atoms with Crippen LogP contribution < -0.4 is 24.8 Å². The summed E-state index contributed by atoms with van der Waals surface area (Å²) in [5.74, 6) is -0.0523. The lowest BCUT2D eigenvalue weighted by Crippen LogP contribution is -2.50. The minimum absolute atomic E-state index is 0.0659. The monoisotopic (exact) mass is 552 g/mol. The van der Waals surface area contributed by atoms with Crippen molar-refractivity contribution in [2.24, 2.45) is 5.92 Å². The Bertz CT molecular complexity index is 1450. The fraction of sp³-hybridized carbons (Fsp3) is 0.433. The molecule has 0 spiro atoms. The van der Waals surface area contributed by atoms with Crippen LogP contribution >= 0.6 is 0 Å². The Morgan fingerprint density at radius 2 is 1.45 bits per heavy atom. The molecule has 10 nitrogen and oxygen atoms in total. The average molecular weight is 553 g/mol. The molecule has 0 aliphatic carbocycles. The Labute approximate surface area is 233 Å². The molecule has 10 heteroatoms. The highest BCUT2D eigenvalue weighted by atomic mass is 16.6. The van der Waals surface area contributed by atoms with Gasteiger partial charge in [0.05, 0.1) is 34.4 Å². The van der Waals surface area contributed by atoms with E-state index in [0.29, 0.717) is 65.1 Å². The van der Waals surface area contributed by atoms with E-state index in [1.54, 1.807) is 41.4 Å². The summed E-state index contributed by atoms with van der Waals surface area (Å²) in [6.45, 7) is 6.23. The number of fused-ring (bicyclic) bond motifs is 1. The molecule has 2 heterocycles. The van der Waals surface area contributed by atoms with Crippen molar-refractivity contribution < 1.29 is 33.3 Å². The Kier molecular flexibility index (Phi) is 8.27. The van der Waals surface area contributed by atoms with Crippen molar-refractivity contribution >= 4 is 22.7 Å². The lowest BCUT2D eigenvalue weighted by Gasteiger charge is -2.36. The first kappa shape index (κ1) is 28.8. The van der Waals surface area contributed by atoms with Crippen LogP contribution in [0.1, 0.15) is 44.1 Å². The molecule has 3 aromatic rings. The van der Waals surface area contributed by atoms with Gasteiger partial charge < -0.3 is 28.7 Å². The summed E-state index contributed by atoms with van der Waals surface area (Å²) in [5.41, 5.74) is 0.176. The highest BCUT2D eigenvalue weighted by Crippen LogP contribution is 2.43. The van der Waals surface area contributed by atoms with Gasteiger partial charge in [-0.1, -0.05) is 18.2 Å². The van der Waals surface area contributed by atoms with Gasteiger partial charge in [-0.2, -0.15) is 0 Å². The summed E-state index contributed by atoms with van der Waals surface area (Å²) in [5, 5.41) is 2.79. The molecule has 1 aromatic heterocycles. The Morgan fingerprint density at radius 1 is 0.875 bits per heavy atom. The average Bonchev–Trinajstić information content (AvgIpc) is 2.95. The predicted molar refractivity (Wildman–Crippen MR) is 151 cm³/mol. The summed E-state index contributed by atoms with van der Waals surface area (Å²) < 4.78 is 28.8. The zero-order valence-electron chi connectivity index (χ0n) is 24.0. The number of nitrogens with zero attached hydrogens (tertiary/aromatic N) is 2. The maximum absolute atomic E-state index is 14.0. The first-order valence-electron chi connectivity index (χ1n) is 13.1. The number of aromatic nitrogens is 1. The van der Waals surface area contributed by atoms with Gasteiger partial charge in [-0.3, -0.25) is 9.59 Å². The molecule has 2 aromatic carbocycles. The summed E-state index contributed by atoms with van der Waals surface area (Å²) in [4.78, 5) is 40.1. The topological polar surface area (TPSA) is 106 Å². The second-order valence-corrected chi connectivity index (χ2v) is 10.6. The van der Waals surface area contributed by atoms with Crippen LogP contribution in [0.5, 0.6) is 17.2 Å². The summed E-state index contributed by atoms with van der Waals surface area (Å²) in [6.07, 6.45) is 0.933. The molecule has 1 fully saturated rings. The number of carbonyl (C=O) groups is 2. The molecule has 1 saturated heterocycles. The second kappa shape index (κ2) is 11.5. The number of methoxy groups -OCH3 is 4. The van der Waals surface area contributed by atoms with Gasteiger partial charge in [0.2, 0.25) is 5.75 Å². The van der Waals surface area contributed by atoms with Gasteiger partial charge in [0, 0.05) is 24.0 Å². The van der Waals surface area contributed by atoms with Crippen molar-refractivity contribution in [2.75, 3.05) is 46.5 Å². The zero-order chi connectivity index (χ0) is 29.2. The van der Waals surface area contributed by atoms with E-state index in [9.17, 15) is 14.4 Å². The molecule has 0 unspecified atom stereocenters. The molecule has 0 saturated carbocycles.